The number of fused-ring (bicyclic) bond motifs is 8. The van der Waals surface area contributed by atoms with Crippen molar-refractivity contribution in [3.8, 4) is 11.5 Å². The lowest BCUT2D eigenvalue weighted by atomic mass is 10.0. The van der Waals surface area contributed by atoms with Crippen molar-refractivity contribution in [3.63, 3.8) is 0 Å². The highest BCUT2D eigenvalue weighted by Gasteiger charge is 2.27. The molecule has 20 heteroatoms. The van der Waals surface area contributed by atoms with E-state index in [4.69, 9.17) is 36.0 Å². The van der Waals surface area contributed by atoms with Crippen molar-refractivity contribution in [3.05, 3.63) is 69.8 Å². The van der Waals surface area contributed by atoms with E-state index in [0.29, 0.717) is 115 Å². The number of ether oxygens (including phenoxy) is 2. The third-order valence-electron chi connectivity index (χ3n) is 11.1. The molecule has 7 rings (SSSR count). The van der Waals surface area contributed by atoms with Gasteiger partial charge in [0.15, 0.2) is 6.23 Å². The fraction of sp³-hybridized carbons (Fsp3) is 0.465. The Hall–Kier alpha value is -6.51. The fourth-order valence-corrected chi connectivity index (χ4v) is 8.13. The first kappa shape index (κ1) is 44.5. The molecule has 20 nitrogen and oxygen atoms in total. The molecular weight excluding hydrogens is 813 g/mol. The monoisotopic (exact) mass is 868 g/mol. The summed E-state index contributed by atoms with van der Waals surface area (Å²) in [6, 6.07) is 7.96. The van der Waals surface area contributed by atoms with Gasteiger partial charge in [0.05, 0.1) is 41.3 Å². The number of nitrogens with zero attached hydrogens (tertiary/aromatic N) is 8. The maximum Gasteiger partial charge on any atom is 0.276 e. The maximum absolute atomic E-state index is 14.1. The van der Waals surface area contributed by atoms with E-state index in [1.807, 2.05) is 29.9 Å². The highest BCUT2D eigenvalue weighted by molar-refractivity contribution is 6.04. The molecule has 0 aliphatic carbocycles. The lowest BCUT2D eigenvalue weighted by molar-refractivity contribution is 0.0991. The second kappa shape index (κ2) is 19.7. The average Bonchev–Trinajstić information content (AvgIpc) is 3.99. The van der Waals surface area contributed by atoms with Gasteiger partial charge >= 0.3 is 0 Å². The Morgan fingerprint density at radius 3 is 1.94 bits per heavy atom. The van der Waals surface area contributed by atoms with Crippen LogP contribution in [0.1, 0.15) is 112 Å². The molecule has 0 saturated heterocycles. The molecule has 1 atom stereocenters. The second-order valence-electron chi connectivity index (χ2n) is 15.6. The van der Waals surface area contributed by atoms with Gasteiger partial charge in [-0.25, -0.2) is 9.97 Å². The third kappa shape index (κ3) is 9.62. The van der Waals surface area contributed by atoms with Gasteiger partial charge in [0, 0.05) is 68.9 Å². The Kier molecular flexibility index (Phi) is 13.9. The first-order valence-corrected chi connectivity index (χ1v) is 21.4. The number of hydrogen-bond donors (Lipinski definition) is 7. The number of nitrogens with one attached hydrogen (secondary N) is 2. The van der Waals surface area contributed by atoms with E-state index in [-0.39, 0.29) is 43.5 Å². The number of benzene rings is 2. The molecule has 9 N–H and O–H groups in total. The van der Waals surface area contributed by atoms with Gasteiger partial charge in [0.25, 0.3) is 5.91 Å². The number of aryl methyl sites for hydroxylation is 6. The molecule has 3 amide bonds. The summed E-state index contributed by atoms with van der Waals surface area (Å²) in [5.74, 6) is -0.590. The minimum absolute atomic E-state index is 0.101. The lowest BCUT2D eigenvalue weighted by Gasteiger charge is -2.19. The molecule has 1 aliphatic rings. The molecule has 1 aliphatic heterocycles. The van der Waals surface area contributed by atoms with Crippen LogP contribution in [0.2, 0.25) is 0 Å². The van der Waals surface area contributed by atoms with Gasteiger partial charge in [-0.3, -0.25) is 29.1 Å². The number of carbonyl (C=O) groups is 3. The molecule has 0 bridgehead atoms. The van der Waals surface area contributed by atoms with Gasteiger partial charge in [-0.1, -0.05) is 6.42 Å². The number of carbonyl (C=O) groups excluding carboxylic acids is 3. The van der Waals surface area contributed by atoms with Crippen molar-refractivity contribution in [2.24, 2.45) is 11.5 Å². The van der Waals surface area contributed by atoms with Crippen LogP contribution in [0.5, 0.6) is 11.5 Å². The Morgan fingerprint density at radius 2 is 1.37 bits per heavy atom. The molecule has 0 saturated carbocycles. The van der Waals surface area contributed by atoms with Crippen LogP contribution in [0.4, 0.5) is 11.9 Å². The highest BCUT2D eigenvalue weighted by atomic mass is 16.5. The molecular formula is C43H56N12O8. The summed E-state index contributed by atoms with van der Waals surface area (Å²) < 4.78 is 19.5. The van der Waals surface area contributed by atoms with Crippen LogP contribution in [0.3, 0.4) is 0 Å². The van der Waals surface area contributed by atoms with E-state index in [9.17, 15) is 29.7 Å². The number of rotatable bonds is 11. The van der Waals surface area contributed by atoms with E-state index in [2.05, 4.69) is 15.7 Å². The van der Waals surface area contributed by atoms with Gasteiger partial charge in [0.2, 0.25) is 23.7 Å². The Bertz CT molecular complexity index is 2620. The standard InChI is InChI=1S/C43H56N12O8/c1-4-54-35-29(26(3)51-54)12-6-5-7-15-55-32(20-25(2)50-55)40(60)48-42-46-30-21-27(38(44)58)23-33(62-18-10-16-56)36(30)52(42)13-8-9-14-53-37-31(47-43(53)49-41(35)61)22-28(39(45)59)24-34(37)63-19-11-17-57/h20-24,41,56-57,61H,4-19H2,1-3H3,(H2,44,58)(H2,45,59)(H,47,49)(H,46,48,60). The maximum atomic E-state index is 14.1. The van der Waals surface area contributed by atoms with Crippen LogP contribution < -0.4 is 31.6 Å². The molecule has 6 aromatic rings. The fourth-order valence-electron chi connectivity index (χ4n) is 8.13. The molecule has 0 fully saturated rings. The van der Waals surface area contributed by atoms with Crippen LogP contribution >= 0.6 is 0 Å². The average molecular weight is 869 g/mol. The normalized spacial score (nSPS) is 15.4. The van der Waals surface area contributed by atoms with Gasteiger partial charge in [-0.2, -0.15) is 10.2 Å². The molecule has 5 heterocycles. The van der Waals surface area contributed by atoms with Crippen molar-refractivity contribution in [2.45, 2.75) is 105 Å². The van der Waals surface area contributed by atoms with Crippen LogP contribution in [-0.2, 0) is 32.6 Å². The minimum atomic E-state index is -1.22. The van der Waals surface area contributed by atoms with Gasteiger partial charge in [-0.05, 0) is 83.2 Å². The Morgan fingerprint density at radius 1 is 0.794 bits per heavy atom. The molecule has 63 heavy (non-hydrogen) atoms. The first-order valence-electron chi connectivity index (χ1n) is 21.4. The number of imidazole rings is 2. The molecule has 0 radical (unpaired) electrons. The molecule has 1 unspecified atom stereocenters. The van der Waals surface area contributed by atoms with E-state index in [0.717, 1.165) is 30.5 Å². The molecule has 2 aromatic carbocycles. The topological polar surface area (TPSA) is 278 Å². The largest absolute Gasteiger partial charge is 0.491 e. The van der Waals surface area contributed by atoms with Crippen LogP contribution in [0.15, 0.2) is 30.3 Å². The van der Waals surface area contributed by atoms with Crippen molar-refractivity contribution in [1.82, 2.24) is 38.7 Å². The number of aliphatic hydroxyl groups excluding tert-OH is 3. The van der Waals surface area contributed by atoms with Crippen LogP contribution in [-0.4, -0.2) is 98.1 Å². The molecule has 4 aromatic heterocycles. The van der Waals surface area contributed by atoms with E-state index >= 15 is 0 Å². The predicted octanol–water partition coefficient (Wildman–Crippen LogP) is 3.70. The first-order chi connectivity index (χ1) is 30.4. The summed E-state index contributed by atoms with van der Waals surface area (Å²) in [4.78, 5) is 48.8. The summed E-state index contributed by atoms with van der Waals surface area (Å²) in [5, 5.41) is 46.8. The number of anilines is 2. The zero-order valence-corrected chi connectivity index (χ0v) is 35.9. The highest BCUT2D eigenvalue weighted by Crippen LogP contribution is 2.35. The zero-order valence-electron chi connectivity index (χ0n) is 35.9. The van der Waals surface area contributed by atoms with Crippen molar-refractivity contribution in [1.29, 1.82) is 0 Å². The number of nitrogens with two attached hydrogens (primary N) is 2. The quantitative estimate of drug-likeness (QED) is 0.0917. The summed E-state index contributed by atoms with van der Waals surface area (Å²) in [7, 11) is 0. The Labute approximate surface area is 363 Å². The van der Waals surface area contributed by atoms with Crippen LogP contribution in [0, 0.1) is 13.8 Å². The minimum Gasteiger partial charge on any atom is -0.491 e. The summed E-state index contributed by atoms with van der Waals surface area (Å²) >= 11 is 0. The predicted molar refractivity (Wildman–Crippen MR) is 234 cm³/mol. The van der Waals surface area contributed by atoms with Crippen molar-refractivity contribution in [2.75, 3.05) is 37.1 Å². The van der Waals surface area contributed by atoms with Gasteiger partial charge in [0.1, 0.15) is 28.2 Å². The lowest BCUT2D eigenvalue weighted by Crippen LogP contribution is -2.20. The summed E-state index contributed by atoms with van der Waals surface area (Å²) in [6.07, 6.45) is 3.42. The number of aromatic nitrogens is 8. The smallest absolute Gasteiger partial charge is 0.276 e. The van der Waals surface area contributed by atoms with E-state index in [1.165, 1.54) is 6.07 Å². The van der Waals surface area contributed by atoms with Crippen LogP contribution in [0.25, 0.3) is 22.1 Å². The van der Waals surface area contributed by atoms with Crippen molar-refractivity contribution >= 4 is 51.7 Å². The van der Waals surface area contributed by atoms with Crippen molar-refractivity contribution < 1.29 is 39.2 Å². The molecule has 0 spiro atoms. The Balaban J connectivity index is 1.34. The SMILES string of the molecule is CCn1nc(C)c2c1C(O)Nc1nc3cc(C(N)=O)cc(OCCCO)c3n1CCCCn1c(nc3cc(C(N)=O)cc(OCCCO)c31)NC(=O)c1cc(C)nn1CCCCC2. The number of primary amides is 2. The van der Waals surface area contributed by atoms with E-state index in [1.54, 1.807) is 33.6 Å². The van der Waals surface area contributed by atoms with Gasteiger partial charge in [-0.15, -0.1) is 0 Å². The van der Waals surface area contributed by atoms with E-state index < -0.39 is 23.9 Å². The zero-order chi connectivity index (χ0) is 44.8. The third-order valence-corrected chi connectivity index (χ3v) is 11.1. The second-order valence-corrected chi connectivity index (χ2v) is 15.6. The number of hydrogen-bond acceptors (Lipinski definition) is 13. The number of amides is 3. The summed E-state index contributed by atoms with van der Waals surface area (Å²) in [5.41, 5.74) is 17.1. The molecule has 336 valence electrons. The summed E-state index contributed by atoms with van der Waals surface area (Å²) in [6.45, 7) is 7.49. The van der Waals surface area contributed by atoms with Gasteiger partial charge < -0.3 is 50.7 Å². The number of aliphatic hydroxyl groups is 3.